The predicted molar refractivity (Wildman–Crippen MR) is 32.2 cm³/mol. The Labute approximate surface area is 65.3 Å². The number of aromatic nitrogens is 2. The topological polar surface area (TPSA) is 73.0 Å². The largest absolute Gasteiger partial charge is 1.00 e. The maximum Gasteiger partial charge on any atom is 0.239 e. The van der Waals surface area contributed by atoms with Crippen LogP contribution in [0.4, 0.5) is 0 Å². The van der Waals surface area contributed by atoms with Crippen LogP contribution in [-0.4, -0.2) is 10.9 Å². The van der Waals surface area contributed by atoms with Crippen LogP contribution < -0.4 is 23.1 Å². The van der Waals surface area contributed by atoms with E-state index in [1.54, 1.807) is 6.33 Å². The van der Waals surface area contributed by atoms with Gasteiger partial charge in [-0.2, -0.15) is 0 Å². The third kappa shape index (κ3) is 15.8. The standard InChI is InChI=1S/C3H4N2.C2H5NO.ClH/c1-2-5-3-4-1;1-2(3)4;/h1-3H,(H,4,5);1H3,(H2,3,4);1H. The number of halogens is 1. The highest BCUT2D eigenvalue weighted by molar-refractivity contribution is 5.70. The number of amides is 1. The maximum atomic E-state index is 9.22. The number of carbonyl (C=O) groups excluding carboxylic acids is 1. The van der Waals surface area contributed by atoms with Gasteiger partial charge in [-0.15, -0.1) is 0 Å². The van der Waals surface area contributed by atoms with Gasteiger partial charge < -0.3 is 18.1 Å². The van der Waals surface area contributed by atoms with Gasteiger partial charge in [0.25, 0.3) is 0 Å². The molecule has 0 unspecified atom stereocenters. The van der Waals surface area contributed by atoms with E-state index in [1.165, 1.54) is 6.92 Å². The molecule has 1 amide bonds. The SMILES string of the molecule is CC(N)=O.[Cl-].c1c[nH+]c[nH]1. The maximum absolute atomic E-state index is 9.22. The molecule has 1 rings (SSSR count). The fourth-order valence-corrected chi connectivity index (χ4v) is 0.241. The summed E-state index contributed by atoms with van der Waals surface area (Å²) in [5, 5.41) is 0. The highest BCUT2D eigenvalue weighted by atomic mass is 35.5. The number of imidazole rings is 1. The van der Waals surface area contributed by atoms with Crippen molar-refractivity contribution in [1.82, 2.24) is 4.98 Å². The molecule has 0 aliphatic carbocycles. The molecule has 0 aliphatic heterocycles. The summed E-state index contributed by atoms with van der Waals surface area (Å²) in [7, 11) is 0. The van der Waals surface area contributed by atoms with Crippen LogP contribution in [0.15, 0.2) is 18.7 Å². The van der Waals surface area contributed by atoms with Gasteiger partial charge in [0.15, 0.2) is 0 Å². The lowest BCUT2D eigenvalue weighted by molar-refractivity contribution is -0.375. The zero-order valence-corrected chi connectivity index (χ0v) is 6.35. The first-order valence-electron chi connectivity index (χ1n) is 2.48. The summed E-state index contributed by atoms with van der Waals surface area (Å²) in [4.78, 5) is 14.8. The fourth-order valence-electron chi connectivity index (χ4n) is 0.241. The van der Waals surface area contributed by atoms with Crippen LogP contribution in [0.1, 0.15) is 6.92 Å². The molecule has 0 spiro atoms. The first-order valence-corrected chi connectivity index (χ1v) is 2.48. The van der Waals surface area contributed by atoms with E-state index in [1.807, 2.05) is 12.4 Å². The Morgan fingerprint density at radius 1 is 1.70 bits per heavy atom. The third-order valence-corrected chi connectivity index (χ3v) is 0.442. The first-order chi connectivity index (χ1) is 4.23. The van der Waals surface area contributed by atoms with Crippen molar-refractivity contribution >= 4 is 5.91 Å². The van der Waals surface area contributed by atoms with Crippen LogP contribution in [0, 0.1) is 0 Å². The number of primary amides is 1. The molecule has 1 aromatic heterocycles. The van der Waals surface area contributed by atoms with E-state index in [4.69, 9.17) is 0 Å². The highest BCUT2D eigenvalue weighted by Crippen LogP contribution is 1.53. The highest BCUT2D eigenvalue weighted by Gasteiger charge is 1.65. The van der Waals surface area contributed by atoms with E-state index < -0.39 is 0 Å². The zero-order chi connectivity index (χ0) is 7.11. The van der Waals surface area contributed by atoms with Gasteiger partial charge in [0.2, 0.25) is 12.2 Å². The first kappa shape index (κ1) is 11.7. The zero-order valence-electron chi connectivity index (χ0n) is 5.60. The minimum absolute atomic E-state index is 0. The van der Waals surface area contributed by atoms with Crippen LogP contribution in [0.3, 0.4) is 0 Å². The van der Waals surface area contributed by atoms with Gasteiger partial charge in [-0.3, -0.25) is 14.8 Å². The normalized spacial score (nSPS) is 6.50. The Hall–Kier alpha value is -1.03. The van der Waals surface area contributed by atoms with E-state index in [0.29, 0.717) is 0 Å². The van der Waals surface area contributed by atoms with Crippen molar-refractivity contribution < 1.29 is 22.2 Å². The molecular formula is C5H10ClN3O. The Morgan fingerprint density at radius 3 is 2.30 bits per heavy atom. The lowest BCUT2D eigenvalue weighted by Gasteiger charge is -1.60. The van der Waals surface area contributed by atoms with Crippen molar-refractivity contribution in [2.75, 3.05) is 0 Å². The summed E-state index contributed by atoms with van der Waals surface area (Å²) >= 11 is 0. The molecule has 5 heteroatoms. The number of hydrogen-bond acceptors (Lipinski definition) is 1. The Balaban J connectivity index is 0. The number of nitrogens with two attached hydrogens (primary N) is 1. The molecule has 0 saturated heterocycles. The molecule has 58 valence electrons. The monoisotopic (exact) mass is 163 g/mol. The van der Waals surface area contributed by atoms with Crippen LogP contribution in [0.5, 0.6) is 0 Å². The second kappa shape index (κ2) is 7.97. The van der Waals surface area contributed by atoms with Gasteiger partial charge in [0.1, 0.15) is 12.4 Å². The molecule has 0 saturated carbocycles. The number of rotatable bonds is 0. The molecule has 1 heterocycles. The molecule has 0 aromatic carbocycles. The average molecular weight is 164 g/mol. The molecule has 0 bridgehead atoms. The molecule has 10 heavy (non-hydrogen) atoms. The fraction of sp³-hybridized carbons (Fsp3) is 0.200. The summed E-state index contributed by atoms with van der Waals surface area (Å²) in [5.74, 6) is -0.333. The minimum atomic E-state index is -0.333. The van der Waals surface area contributed by atoms with Crippen molar-refractivity contribution in [3.8, 4) is 0 Å². The molecule has 0 radical (unpaired) electrons. The van der Waals surface area contributed by atoms with Crippen LogP contribution in [0.2, 0.25) is 0 Å². The van der Waals surface area contributed by atoms with Gasteiger partial charge in [0.05, 0.1) is 0 Å². The van der Waals surface area contributed by atoms with Crippen molar-refractivity contribution in [3.63, 3.8) is 0 Å². The van der Waals surface area contributed by atoms with Crippen LogP contribution >= 0.6 is 0 Å². The number of hydrogen-bond donors (Lipinski definition) is 2. The molecule has 0 aliphatic rings. The number of aromatic amines is 2. The lowest BCUT2D eigenvalue weighted by Crippen LogP contribution is -3.00. The van der Waals surface area contributed by atoms with E-state index in [-0.39, 0.29) is 18.3 Å². The van der Waals surface area contributed by atoms with E-state index in [0.717, 1.165) is 0 Å². The second-order valence-electron chi connectivity index (χ2n) is 1.42. The van der Waals surface area contributed by atoms with Crippen molar-refractivity contribution in [1.29, 1.82) is 0 Å². The van der Waals surface area contributed by atoms with Gasteiger partial charge in [-0.1, -0.05) is 0 Å². The van der Waals surface area contributed by atoms with Gasteiger partial charge in [-0.25, -0.2) is 0 Å². The van der Waals surface area contributed by atoms with Gasteiger partial charge in [-0.05, 0) is 0 Å². The Bertz CT molecular complexity index is 131. The molecular weight excluding hydrogens is 154 g/mol. The van der Waals surface area contributed by atoms with Crippen LogP contribution in [0.25, 0.3) is 0 Å². The third-order valence-electron chi connectivity index (χ3n) is 0.442. The van der Waals surface area contributed by atoms with E-state index >= 15 is 0 Å². The molecule has 0 atom stereocenters. The Morgan fingerprint density at radius 2 is 2.20 bits per heavy atom. The van der Waals surface area contributed by atoms with Crippen LogP contribution in [-0.2, 0) is 4.79 Å². The number of carbonyl (C=O) groups is 1. The number of nitrogens with one attached hydrogen (secondary N) is 2. The van der Waals surface area contributed by atoms with Crippen molar-refractivity contribution in [2.24, 2.45) is 5.73 Å². The predicted octanol–water partition coefficient (Wildman–Crippen LogP) is -3.68. The van der Waals surface area contributed by atoms with Gasteiger partial charge in [0, 0.05) is 6.92 Å². The molecule has 4 nitrogen and oxygen atoms in total. The van der Waals surface area contributed by atoms with Crippen molar-refractivity contribution in [3.05, 3.63) is 18.7 Å². The summed E-state index contributed by atoms with van der Waals surface area (Å²) in [6, 6.07) is 0. The van der Waals surface area contributed by atoms with E-state index in [2.05, 4.69) is 15.7 Å². The van der Waals surface area contributed by atoms with Crippen molar-refractivity contribution in [2.45, 2.75) is 6.92 Å². The van der Waals surface area contributed by atoms with E-state index in [9.17, 15) is 4.79 Å². The number of H-pyrrole nitrogens is 2. The molecule has 1 aromatic rings. The molecule has 4 N–H and O–H groups in total. The summed E-state index contributed by atoms with van der Waals surface area (Å²) in [5.41, 5.74) is 4.47. The molecule has 0 fully saturated rings. The quantitative estimate of drug-likeness (QED) is 0.407. The minimum Gasteiger partial charge on any atom is -1.00 e. The van der Waals surface area contributed by atoms with Gasteiger partial charge >= 0.3 is 0 Å². The smallest absolute Gasteiger partial charge is 0.239 e. The summed E-state index contributed by atoms with van der Waals surface area (Å²) in [6.45, 7) is 1.31. The second-order valence-corrected chi connectivity index (χ2v) is 1.42. The summed E-state index contributed by atoms with van der Waals surface area (Å²) in [6.07, 6.45) is 5.39. The average Bonchev–Trinajstić information content (AvgIpc) is 2.11. The lowest BCUT2D eigenvalue weighted by atomic mass is 10.8. The Kier molecular flexibility index (Phi) is 9.35. The summed E-state index contributed by atoms with van der Waals surface area (Å²) < 4.78 is 0.